The highest BCUT2D eigenvalue weighted by atomic mass is 19.1. The predicted molar refractivity (Wildman–Crippen MR) is 110 cm³/mol. The summed E-state index contributed by atoms with van der Waals surface area (Å²) in [7, 11) is 3.11. The Morgan fingerprint density at radius 3 is 2.52 bits per heavy atom. The van der Waals surface area contributed by atoms with Crippen LogP contribution in [0.15, 0.2) is 60.8 Å². The molecule has 2 aromatic carbocycles. The summed E-state index contributed by atoms with van der Waals surface area (Å²) in [4.78, 5) is 16.5. The van der Waals surface area contributed by atoms with Gasteiger partial charge in [0.15, 0.2) is 11.5 Å². The molecule has 29 heavy (non-hydrogen) atoms. The van der Waals surface area contributed by atoms with E-state index >= 15 is 0 Å². The Morgan fingerprint density at radius 1 is 1.03 bits per heavy atom. The molecule has 0 atom stereocenters. The van der Waals surface area contributed by atoms with Crippen LogP contribution in [0.4, 0.5) is 15.9 Å². The summed E-state index contributed by atoms with van der Waals surface area (Å²) in [5.41, 5.74) is 1.94. The molecule has 3 aromatic rings. The van der Waals surface area contributed by atoms with Gasteiger partial charge in [-0.3, -0.25) is 4.79 Å². The Morgan fingerprint density at radius 2 is 1.83 bits per heavy atom. The number of anilines is 2. The molecule has 0 spiro atoms. The fourth-order valence-electron chi connectivity index (χ4n) is 2.78. The molecular weight excluding hydrogens is 373 g/mol. The molecule has 0 aliphatic rings. The standard InChI is InChI=1S/C22H22FN3O3/c1-28-19-9-7-15(11-20(19)29-2)12-22(27)26-17-8-10-21(25-14-17)24-13-16-5-3-4-6-18(16)23/h3-11,14H,12-13H2,1-2H3,(H,24,25)(H,26,27). The van der Waals surface area contributed by atoms with Gasteiger partial charge >= 0.3 is 0 Å². The molecule has 1 aromatic heterocycles. The van der Waals surface area contributed by atoms with Crippen LogP contribution in [0.1, 0.15) is 11.1 Å². The van der Waals surface area contributed by atoms with E-state index in [0.29, 0.717) is 35.1 Å². The van der Waals surface area contributed by atoms with Crippen molar-refractivity contribution in [2.75, 3.05) is 24.9 Å². The second kappa shape index (κ2) is 9.54. The highest BCUT2D eigenvalue weighted by Gasteiger charge is 2.09. The Bertz CT molecular complexity index is 977. The molecule has 150 valence electrons. The molecule has 1 heterocycles. The van der Waals surface area contributed by atoms with Gasteiger partial charge in [0, 0.05) is 12.1 Å². The van der Waals surface area contributed by atoms with Gasteiger partial charge in [-0.05, 0) is 35.9 Å². The third-order valence-corrected chi connectivity index (χ3v) is 4.28. The van der Waals surface area contributed by atoms with Gasteiger partial charge in [-0.1, -0.05) is 24.3 Å². The topological polar surface area (TPSA) is 72.5 Å². The van der Waals surface area contributed by atoms with E-state index in [9.17, 15) is 9.18 Å². The lowest BCUT2D eigenvalue weighted by Gasteiger charge is -2.10. The summed E-state index contributed by atoms with van der Waals surface area (Å²) in [5.74, 6) is 1.33. The van der Waals surface area contributed by atoms with E-state index in [1.807, 2.05) is 6.07 Å². The normalized spacial score (nSPS) is 10.3. The number of rotatable bonds is 8. The van der Waals surface area contributed by atoms with Crippen molar-refractivity contribution in [2.24, 2.45) is 0 Å². The monoisotopic (exact) mass is 395 g/mol. The van der Waals surface area contributed by atoms with E-state index in [0.717, 1.165) is 5.56 Å². The van der Waals surface area contributed by atoms with Gasteiger partial charge in [-0.2, -0.15) is 0 Å². The Hall–Kier alpha value is -3.61. The molecule has 3 rings (SSSR count). The number of carbonyl (C=O) groups is 1. The van der Waals surface area contributed by atoms with Crippen LogP contribution in [0.25, 0.3) is 0 Å². The second-order valence-electron chi connectivity index (χ2n) is 6.29. The largest absolute Gasteiger partial charge is 0.493 e. The summed E-state index contributed by atoms with van der Waals surface area (Å²) >= 11 is 0. The summed E-state index contributed by atoms with van der Waals surface area (Å²) in [5, 5.41) is 5.86. The third kappa shape index (κ3) is 5.44. The van der Waals surface area contributed by atoms with E-state index < -0.39 is 0 Å². The lowest BCUT2D eigenvalue weighted by atomic mass is 10.1. The fourth-order valence-corrected chi connectivity index (χ4v) is 2.78. The minimum absolute atomic E-state index is 0.175. The molecule has 1 amide bonds. The van der Waals surface area contributed by atoms with Gasteiger partial charge in [-0.25, -0.2) is 9.37 Å². The number of nitrogens with one attached hydrogen (secondary N) is 2. The van der Waals surface area contributed by atoms with Crippen LogP contribution >= 0.6 is 0 Å². The molecule has 0 saturated carbocycles. The van der Waals surface area contributed by atoms with Crippen molar-refractivity contribution >= 4 is 17.4 Å². The van der Waals surface area contributed by atoms with Crippen LogP contribution < -0.4 is 20.1 Å². The molecule has 0 fully saturated rings. The molecule has 0 bridgehead atoms. The molecule has 0 radical (unpaired) electrons. The third-order valence-electron chi connectivity index (χ3n) is 4.28. The van der Waals surface area contributed by atoms with Crippen LogP contribution in [0, 0.1) is 5.82 Å². The highest BCUT2D eigenvalue weighted by molar-refractivity contribution is 5.92. The minimum Gasteiger partial charge on any atom is -0.493 e. The van der Waals surface area contributed by atoms with E-state index in [1.54, 1.807) is 62.9 Å². The van der Waals surface area contributed by atoms with Gasteiger partial charge in [0.25, 0.3) is 0 Å². The predicted octanol–water partition coefficient (Wildman–Crippen LogP) is 4.03. The van der Waals surface area contributed by atoms with E-state index in [2.05, 4.69) is 15.6 Å². The number of halogens is 1. The molecule has 2 N–H and O–H groups in total. The summed E-state index contributed by atoms with van der Waals surface area (Å²) < 4.78 is 24.1. The summed E-state index contributed by atoms with van der Waals surface area (Å²) in [6.45, 7) is 0.324. The number of hydrogen-bond acceptors (Lipinski definition) is 5. The maximum absolute atomic E-state index is 13.6. The number of aromatic nitrogens is 1. The lowest BCUT2D eigenvalue weighted by molar-refractivity contribution is -0.115. The number of carbonyl (C=O) groups excluding carboxylic acids is 1. The Balaban J connectivity index is 1.55. The Labute approximate surface area is 168 Å². The zero-order valence-corrected chi connectivity index (χ0v) is 16.2. The van der Waals surface area contributed by atoms with Crippen molar-refractivity contribution < 1.29 is 18.7 Å². The van der Waals surface area contributed by atoms with Crippen molar-refractivity contribution in [3.05, 3.63) is 77.7 Å². The van der Waals surface area contributed by atoms with Crippen molar-refractivity contribution in [3.63, 3.8) is 0 Å². The number of nitrogens with zero attached hydrogens (tertiary/aromatic N) is 1. The molecule has 6 nitrogen and oxygen atoms in total. The zero-order valence-electron chi connectivity index (χ0n) is 16.2. The number of benzene rings is 2. The summed E-state index contributed by atoms with van der Waals surface area (Å²) in [6.07, 6.45) is 1.74. The molecular formula is C22H22FN3O3. The Kier molecular flexibility index (Phi) is 6.63. The van der Waals surface area contributed by atoms with Crippen LogP contribution in [-0.2, 0) is 17.8 Å². The van der Waals surface area contributed by atoms with Crippen LogP contribution in [0.3, 0.4) is 0 Å². The molecule has 0 aliphatic carbocycles. The molecule has 0 unspecified atom stereocenters. The van der Waals surface area contributed by atoms with Gasteiger partial charge in [0.2, 0.25) is 5.91 Å². The maximum atomic E-state index is 13.6. The van der Waals surface area contributed by atoms with E-state index in [-0.39, 0.29) is 18.1 Å². The number of amides is 1. The van der Waals surface area contributed by atoms with E-state index in [4.69, 9.17) is 9.47 Å². The maximum Gasteiger partial charge on any atom is 0.228 e. The molecule has 0 saturated heterocycles. The van der Waals surface area contributed by atoms with Crippen molar-refractivity contribution in [1.29, 1.82) is 0 Å². The average Bonchev–Trinajstić information content (AvgIpc) is 2.74. The number of methoxy groups -OCH3 is 2. The van der Waals surface area contributed by atoms with Gasteiger partial charge in [0.05, 0.1) is 32.5 Å². The second-order valence-corrected chi connectivity index (χ2v) is 6.29. The van der Waals surface area contributed by atoms with Gasteiger partial charge in [0.1, 0.15) is 11.6 Å². The minimum atomic E-state index is -0.265. The smallest absolute Gasteiger partial charge is 0.228 e. The number of ether oxygens (including phenoxy) is 2. The van der Waals surface area contributed by atoms with Crippen molar-refractivity contribution in [3.8, 4) is 11.5 Å². The van der Waals surface area contributed by atoms with E-state index in [1.165, 1.54) is 6.07 Å². The molecule has 0 aliphatic heterocycles. The molecule has 7 heteroatoms. The first kappa shape index (κ1) is 20.1. The lowest BCUT2D eigenvalue weighted by Crippen LogP contribution is -2.14. The number of hydrogen-bond donors (Lipinski definition) is 2. The fraction of sp³-hybridized carbons (Fsp3) is 0.182. The average molecular weight is 395 g/mol. The highest BCUT2D eigenvalue weighted by Crippen LogP contribution is 2.27. The first-order valence-corrected chi connectivity index (χ1v) is 9.03. The van der Waals surface area contributed by atoms with Gasteiger partial charge < -0.3 is 20.1 Å². The first-order chi connectivity index (χ1) is 14.1. The number of pyridine rings is 1. The van der Waals surface area contributed by atoms with Crippen molar-refractivity contribution in [1.82, 2.24) is 4.98 Å². The van der Waals surface area contributed by atoms with Crippen molar-refractivity contribution in [2.45, 2.75) is 13.0 Å². The zero-order chi connectivity index (χ0) is 20.6. The van der Waals surface area contributed by atoms with Crippen LogP contribution in [0.2, 0.25) is 0 Å². The SMILES string of the molecule is COc1ccc(CC(=O)Nc2ccc(NCc3ccccc3F)nc2)cc1OC. The van der Waals surface area contributed by atoms with Gasteiger partial charge in [-0.15, -0.1) is 0 Å². The van der Waals surface area contributed by atoms with Crippen LogP contribution in [-0.4, -0.2) is 25.1 Å². The first-order valence-electron chi connectivity index (χ1n) is 9.03. The quantitative estimate of drug-likeness (QED) is 0.603. The van der Waals surface area contributed by atoms with Crippen LogP contribution in [0.5, 0.6) is 11.5 Å². The summed E-state index contributed by atoms with van der Waals surface area (Å²) in [6, 6.07) is 15.4.